The molecule has 1 nitrogen and oxygen atoms in total. The van der Waals surface area contributed by atoms with Gasteiger partial charge in [-0.15, -0.1) is 0 Å². The van der Waals surface area contributed by atoms with Gasteiger partial charge in [0.15, 0.2) is 0 Å². The molecule has 138 valence electrons. The number of hydrogen-bond acceptors (Lipinski definition) is 1. The van der Waals surface area contributed by atoms with Crippen molar-refractivity contribution in [1.29, 1.82) is 5.26 Å². The second-order valence-electron chi connectivity index (χ2n) is 7.82. The Morgan fingerprint density at radius 1 is 1.04 bits per heavy atom. The molecule has 1 unspecified atom stereocenters. The van der Waals surface area contributed by atoms with Crippen molar-refractivity contribution in [3.63, 3.8) is 0 Å². The van der Waals surface area contributed by atoms with Crippen LogP contribution < -0.4 is 0 Å². The lowest BCUT2D eigenvalue weighted by Crippen LogP contribution is -2.24. The zero-order chi connectivity index (χ0) is 17.9. The second kappa shape index (κ2) is 11.3. The van der Waals surface area contributed by atoms with E-state index in [9.17, 15) is 4.39 Å². The van der Waals surface area contributed by atoms with E-state index in [1.807, 2.05) is 0 Å². The maximum absolute atomic E-state index is 14.7. The third kappa shape index (κ3) is 7.18. The summed E-state index contributed by atoms with van der Waals surface area (Å²) in [4.78, 5) is 0. The molecular weight excluding hydrogens is 309 g/mol. The second-order valence-corrected chi connectivity index (χ2v) is 7.82. The van der Waals surface area contributed by atoms with Crippen LogP contribution in [0.1, 0.15) is 82.3 Å². The van der Waals surface area contributed by atoms with E-state index in [4.69, 9.17) is 5.26 Å². The Bertz CT molecular complexity index is 508. The van der Waals surface area contributed by atoms with Crippen LogP contribution in [-0.4, -0.2) is 6.17 Å². The summed E-state index contributed by atoms with van der Waals surface area (Å²) in [7, 11) is 0. The topological polar surface area (TPSA) is 23.8 Å². The number of nitrogens with zero attached hydrogens (tertiary/aromatic N) is 1. The molecule has 0 saturated heterocycles. The van der Waals surface area contributed by atoms with Gasteiger partial charge in [0, 0.05) is 12.8 Å². The van der Waals surface area contributed by atoms with Gasteiger partial charge in [0.25, 0.3) is 0 Å². The molecule has 0 heterocycles. The lowest BCUT2D eigenvalue weighted by atomic mass is 9.77. The van der Waals surface area contributed by atoms with Gasteiger partial charge in [0.05, 0.1) is 6.07 Å². The van der Waals surface area contributed by atoms with Crippen molar-refractivity contribution in [3.8, 4) is 6.07 Å². The van der Waals surface area contributed by atoms with Crippen molar-refractivity contribution in [1.82, 2.24) is 0 Å². The van der Waals surface area contributed by atoms with Gasteiger partial charge in [-0.1, -0.05) is 56.9 Å². The fourth-order valence-electron chi connectivity index (χ4n) is 4.12. The molecule has 0 bridgehead atoms. The van der Waals surface area contributed by atoms with Gasteiger partial charge in [-0.05, 0) is 61.5 Å². The van der Waals surface area contributed by atoms with Crippen LogP contribution >= 0.6 is 0 Å². The van der Waals surface area contributed by atoms with Crippen LogP contribution in [0.4, 0.5) is 4.39 Å². The molecule has 0 spiro atoms. The van der Waals surface area contributed by atoms with Crippen LogP contribution in [0, 0.1) is 23.2 Å². The Morgan fingerprint density at radius 3 is 2.36 bits per heavy atom. The summed E-state index contributed by atoms with van der Waals surface area (Å²) < 4.78 is 14.7. The van der Waals surface area contributed by atoms with Crippen LogP contribution in [0.25, 0.3) is 0 Å². The largest absolute Gasteiger partial charge is 0.247 e. The molecule has 2 rings (SSSR count). The van der Waals surface area contributed by atoms with Gasteiger partial charge in [0.2, 0.25) is 0 Å². The highest BCUT2D eigenvalue weighted by Gasteiger charge is 2.27. The van der Waals surface area contributed by atoms with Crippen molar-refractivity contribution in [3.05, 3.63) is 35.4 Å². The van der Waals surface area contributed by atoms with Crippen LogP contribution in [0.5, 0.6) is 0 Å². The summed E-state index contributed by atoms with van der Waals surface area (Å²) in [6, 6.07) is 10.8. The number of hydrogen-bond donors (Lipinski definition) is 0. The first kappa shape index (κ1) is 20.0. The molecule has 1 aliphatic carbocycles. The third-order valence-electron chi connectivity index (χ3n) is 5.83. The van der Waals surface area contributed by atoms with Crippen molar-refractivity contribution in [2.75, 3.05) is 0 Å². The summed E-state index contributed by atoms with van der Waals surface area (Å²) >= 11 is 0. The fraction of sp³-hybridized carbons (Fsp3) is 0.696. The Labute approximate surface area is 153 Å². The molecule has 0 N–H and O–H groups in total. The van der Waals surface area contributed by atoms with Crippen molar-refractivity contribution in [2.24, 2.45) is 11.8 Å². The zero-order valence-electron chi connectivity index (χ0n) is 15.9. The highest BCUT2D eigenvalue weighted by atomic mass is 19.1. The van der Waals surface area contributed by atoms with E-state index in [-0.39, 0.29) is 5.92 Å². The van der Waals surface area contributed by atoms with E-state index < -0.39 is 6.17 Å². The normalized spacial score (nSPS) is 21.6. The molecular formula is C23H34FN. The van der Waals surface area contributed by atoms with E-state index in [0.717, 1.165) is 56.4 Å². The summed E-state index contributed by atoms with van der Waals surface area (Å²) in [6.45, 7) is 2.23. The van der Waals surface area contributed by atoms with Crippen molar-refractivity contribution >= 4 is 0 Å². The summed E-state index contributed by atoms with van der Waals surface area (Å²) in [5.74, 6) is 0.954. The summed E-state index contributed by atoms with van der Waals surface area (Å²) in [5, 5.41) is 8.62. The van der Waals surface area contributed by atoms with E-state index in [1.165, 1.54) is 24.8 Å². The standard InChI is InChI=1S/C23H34FN/c1-2-3-4-7-19-9-11-21(12-10-19)18-23(24)22-15-13-20(14-16-22)8-5-6-17-25/h9-12,20,22-23H,2-8,13-16,18H2,1H3. The Kier molecular flexibility index (Phi) is 9.02. The lowest BCUT2D eigenvalue weighted by Gasteiger charge is -2.30. The zero-order valence-corrected chi connectivity index (χ0v) is 15.9. The molecule has 2 heteroatoms. The molecule has 0 amide bonds. The number of aryl methyl sites for hydroxylation is 1. The minimum Gasteiger partial charge on any atom is -0.247 e. The SMILES string of the molecule is CCCCCc1ccc(CC(F)C2CCC(CCCC#N)CC2)cc1. The lowest BCUT2D eigenvalue weighted by molar-refractivity contribution is 0.151. The van der Waals surface area contributed by atoms with E-state index in [1.54, 1.807) is 0 Å². The molecule has 1 aliphatic rings. The highest BCUT2D eigenvalue weighted by Crippen LogP contribution is 2.35. The van der Waals surface area contributed by atoms with Gasteiger partial charge in [-0.2, -0.15) is 5.26 Å². The summed E-state index contributed by atoms with van der Waals surface area (Å²) in [5.41, 5.74) is 2.52. The van der Waals surface area contributed by atoms with Crippen LogP contribution in [0.2, 0.25) is 0 Å². The Balaban J connectivity index is 1.71. The minimum atomic E-state index is -0.703. The number of rotatable bonds is 10. The molecule has 0 aromatic heterocycles. The maximum atomic E-state index is 14.7. The third-order valence-corrected chi connectivity index (χ3v) is 5.83. The predicted octanol–water partition coefficient (Wildman–Crippen LogP) is 6.80. The molecule has 0 aliphatic heterocycles. The number of alkyl halides is 1. The number of benzene rings is 1. The Morgan fingerprint density at radius 2 is 1.72 bits per heavy atom. The number of unbranched alkanes of at least 4 members (excludes halogenated alkanes) is 3. The molecule has 1 aromatic rings. The quantitative estimate of drug-likeness (QED) is 0.428. The van der Waals surface area contributed by atoms with Crippen molar-refractivity contribution in [2.45, 2.75) is 90.1 Å². The minimum absolute atomic E-state index is 0.233. The van der Waals surface area contributed by atoms with Crippen LogP contribution in [0.15, 0.2) is 24.3 Å². The van der Waals surface area contributed by atoms with Crippen LogP contribution in [-0.2, 0) is 12.8 Å². The van der Waals surface area contributed by atoms with Gasteiger partial charge in [0.1, 0.15) is 6.17 Å². The number of halogens is 1. The van der Waals surface area contributed by atoms with E-state index in [0.29, 0.717) is 12.8 Å². The van der Waals surface area contributed by atoms with Gasteiger partial charge in [-0.3, -0.25) is 0 Å². The first-order valence-electron chi connectivity index (χ1n) is 10.3. The van der Waals surface area contributed by atoms with Crippen LogP contribution in [0.3, 0.4) is 0 Å². The van der Waals surface area contributed by atoms with Gasteiger partial charge in [-0.25, -0.2) is 4.39 Å². The van der Waals surface area contributed by atoms with E-state index in [2.05, 4.69) is 37.3 Å². The average Bonchev–Trinajstić information content (AvgIpc) is 2.64. The number of nitriles is 1. The van der Waals surface area contributed by atoms with Gasteiger partial charge < -0.3 is 0 Å². The first-order chi connectivity index (χ1) is 12.2. The predicted molar refractivity (Wildman–Crippen MR) is 103 cm³/mol. The van der Waals surface area contributed by atoms with Crippen molar-refractivity contribution < 1.29 is 4.39 Å². The summed E-state index contributed by atoms with van der Waals surface area (Å²) in [6.07, 6.45) is 12.0. The first-order valence-corrected chi connectivity index (χ1v) is 10.3. The molecule has 1 aromatic carbocycles. The molecule has 0 radical (unpaired) electrons. The maximum Gasteiger partial charge on any atom is 0.107 e. The average molecular weight is 344 g/mol. The highest BCUT2D eigenvalue weighted by molar-refractivity contribution is 5.23. The fourth-order valence-corrected chi connectivity index (χ4v) is 4.12. The molecule has 1 fully saturated rings. The van der Waals surface area contributed by atoms with Gasteiger partial charge >= 0.3 is 0 Å². The Hall–Kier alpha value is -1.36. The molecule has 1 saturated carbocycles. The monoisotopic (exact) mass is 343 g/mol. The van der Waals surface area contributed by atoms with E-state index >= 15 is 0 Å². The smallest absolute Gasteiger partial charge is 0.107 e. The molecule has 25 heavy (non-hydrogen) atoms. The molecule has 1 atom stereocenters.